The van der Waals surface area contributed by atoms with E-state index in [0.29, 0.717) is 0 Å². The molecule has 154 valence electrons. The minimum absolute atomic E-state index is 0.109. The Labute approximate surface area is 159 Å². The number of aromatic carboxylic acids is 1. The molecule has 0 fully saturated rings. The summed E-state index contributed by atoms with van der Waals surface area (Å²) in [6.45, 7) is 7.99. The van der Waals surface area contributed by atoms with Gasteiger partial charge in [0, 0.05) is 17.3 Å². The average molecular weight is 401 g/mol. The van der Waals surface area contributed by atoms with E-state index in [9.17, 15) is 28.2 Å². The molecule has 2 heterocycles. The highest BCUT2D eigenvalue weighted by Gasteiger charge is 2.40. The van der Waals surface area contributed by atoms with Gasteiger partial charge in [-0.15, -0.1) is 0 Å². The molecular formula is C18H22F3N3O4. The topological polar surface area (TPSA) is 97.5 Å². The quantitative estimate of drug-likeness (QED) is 0.781. The number of aromatic nitrogens is 3. The van der Waals surface area contributed by atoms with Gasteiger partial charge in [0.25, 0.3) is 0 Å². The second kappa shape index (κ2) is 7.42. The summed E-state index contributed by atoms with van der Waals surface area (Å²) in [6, 6.07) is 0. The zero-order valence-electron chi connectivity index (χ0n) is 16.1. The van der Waals surface area contributed by atoms with Crippen molar-refractivity contribution in [2.24, 2.45) is 0 Å². The molecule has 0 aliphatic heterocycles. The first-order valence-electron chi connectivity index (χ1n) is 8.55. The summed E-state index contributed by atoms with van der Waals surface area (Å²) in [7, 11) is 0. The molecule has 0 aliphatic rings. The van der Waals surface area contributed by atoms with E-state index in [0.717, 1.165) is 12.4 Å². The first kappa shape index (κ1) is 21.7. The normalized spacial score (nSPS) is 13.5. The fraction of sp³-hybridized carbons (Fsp3) is 0.500. The van der Waals surface area contributed by atoms with Crippen molar-refractivity contribution < 1.29 is 32.9 Å². The zero-order chi connectivity index (χ0) is 21.4. The Morgan fingerprint density at radius 3 is 2.32 bits per heavy atom. The molecule has 0 aliphatic carbocycles. The molecule has 28 heavy (non-hydrogen) atoms. The lowest BCUT2D eigenvalue weighted by molar-refractivity contribution is -0.140. The van der Waals surface area contributed by atoms with Gasteiger partial charge in [0.1, 0.15) is 5.56 Å². The number of halogens is 3. The Hall–Kier alpha value is -2.62. The van der Waals surface area contributed by atoms with Gasteiger partial charge in [-0.05, 0) is 34.1 Å². The standard InChI is InChI=1S/C18H22F3N3O4/c1-6-10-14(16(26)27)23-24(17(3,4)5)15(10)28-12-8-22-7-11(9(2)25)13(12)18(19,20)21/h7-9,25H,6H2,1-5H3,(H,26,27). The summed E-state index contributed by atoms with van der Waals surface area (Å²) < 4.78 is 47.9. The van der Waals surface area contributed by atoms with Gasteiger partial charge in [-0.1, -0.05) is 6.92 Å². The Bertz CT molecular complexity index is 883. The fourth-order valence-corrected chi connectivity index (χ4v) is 2.74. The van der Waals surface area contributed by atoms with Gasteiger partial charge < -0.3 is 14.9 Å². The number of ether oxygens (including phenoxy) is 1. The first-order chi connectivity index (χ1) is 12.8. The molecule has 2 N–H and O–H groups in total. The Morgan fingerprint density at radius 1 is 1.29 bits per heavy atom. The van der Waals surface area contributed by atoms with Gasteiger partial charge in [0.15, 0.2) is 11.4 Å². The van der Waals surface area contributed by atoms with E-state index < -0.39 is 40.7 Å². The van der Waals surface area contributed by atoms with Crippen LogP contribution in [0.5, 0.6) is 11.6 Å². The molecule has 10 heteroatoms. The summed E-state index contributed by atoms with van der Waals surface area (Å²) in [4.78, 5) is 15.3. The van der Waals surface area contributed by atoms with Gasteiger partial charge in [-0.25, -0.2) is 9.48 Å². The number of aliphatic hydroxyl groups is 1. The van der Waals surface area contributed by atoms with Crippen LogP contribution in [-0.4, -0.2) is 30.9 Å². The van der Waals surface area contributed by atoms with Crippen molar-refractivity contribution in [3.63, 3.8) is 0 Å². The molecule has 1 atom stereocenters. The second-order valence-corrected chi connectivity index (χ2v) is 7.25. The van der Waals surface area contributed by atoms with E-state index in [1.165, 1.54) is 11.6 Å². The molecule has 0 bridgehead atoms. The minimum atomic E-state index is -4.82. The highest BCUT2D eigenvalue weighted by molar-refractivity contribution is 5.88. The number of rotatable bonds is 5. The number of hydrogen-bond acceptors (Lipinski definition) is 5. The maximum Gasteiger partial charge on any atom is 0.420 e. The van der Waals surface area contributed by atoms with Crippen LogP contribution in [0.4, 0.5) is 13.2 Å². The number of carboxylic acids is 1. The molecule has 0 saturated heterocycles. The second-order valence-electron chi connectivity index (χ2n) is 7.25. The van der Waals surface area contributed by atoms with Gasteiger partial charge in [-0.2, -0.15) is 18.3 Å². The summed E-state index contributed by atoms with van der Waals surface area (Å²) in [5.74, 6) is -2.05. The van der Waals surface area contributed by atoms with Gasteiger partial charge in [0.2, 0.25) is 5.88 Å². The molecular weight excluding hydrogens is 379 g/mol. The largest absolute Gasteiger partial charge is 0.476 e. The van der Waals surface area contributed by atoms with Crippen molar-refractivity contribution in [3.05, 3.63) is 34.8 Å². The highest BCUT2D eigenvalue weighted by atomic mass is 19.4. The number of alkyl halides is 3. The number of hydrogen-bond donors (Lipinski definition) is 2. The Balaban J connectivity index is 2.76. The molecule has 2 rings (SSSR count). The van der Waals surface area contributed by atoms with Crippen LogP contribution in [-0.2, 0) is 18.1 Å². The summed E-state index contributed by atoms with van der Waals surface area (Å²) >= 11 is 0. The first-order valence-corrected chi connectivity index (χ1v) is 8.55. The Morgan fingerprint density at radius 2 is 1.89 bits per heavy atom. The van der Waals surface area contributed by atoms with E-state index >= 15 is 0 Å². The predicted molar refractivity (Wildman–Crippen MR) is 93.5 cm³/mol. The molecule has 0 amide bonds. The average Bonchev–Trinajstić information content (AvgIpc) is 2.92. The van der Waals surface area contributed by atoms with Crippen molar-refractivity contribution in [3.8, 4) is 11.6 Å². The molecule has 7 nitrogen and oxygen atoms in total. The maximum absolute atomic E-state index is 13.7. The number of pyridine rings is 1. The van der Waals surface area contributed by atoms with Gasteiger partial charge in [0.05, 0.1) is 17.8 Å². The van der Waals surface area contributed by atoms with E-state index in [-0.39, 0.29) is 23.6 Å². The van der Waals surface area contributed by atoms with Crippen LogP contribution in [0.2, 0.25) is 0 Å². The van der Waals surface area contributed by atoms with Crippen LogP contribution in [0.25, 0.3) is 0 Å². The molecule has 0 radical (unpaired) electrons. The molecule has 2 aromatic rings. The van der Waals surface area contributed by atoms with Crippen LogP contribution >= 0.6 is 0 Å². The van der Waals surface area contributed by atoms with Crippen molar-refractivity contribution >= 4 is 5.97 Å². The van der Waals surface area contributed by atoms with Crippen molar-refractivity contribution in [1.82, 2.24) is 14.8 Å². The summed E-state index contributed by atoms with van der Waals surface area (Å²) in [5, 5.41) is 23.2. The lowest BCUT2D eigenvalue weighted by Gasteiger charge is -2.24. The lowest BCUT2D eigenvalue weighted by Crippen LogP contribution is -2.24. The van der Waals surface area contributed by atoms with Gasteiger partial charge >= 0.3 is 12.1 Å². The minimum Gasteiger partial charge on any atom is -0.476 e. The maximum atomic E-state index is 13.7. The predicted octanol–water partition coefficient (Wildman–Crippen LogP) is 4.16. The zero-order valence-corrected chi connectivity index (χ0v) is 16.1. The van der Waals surface area contributed by atoms with Crippen molar-refractivity contribution in [2.75, 3.05) is 0 Å². The number of nitrogens with zero attached hydrogens (tertiary/aromatic N) is 3. The van der Waals surface area contributed by atoms with Crippen molar-refractivity contribution in [2.45, 2.75) is 58.9 Å². The third-order valence-electron chi connectivity index (χ3n) is 4.01. The number of carbonyl (C=O) groups is 1. The fourth-order valence-electron chi connectivity index (χ4n) is 2.74. The SMILES string of the molecule is CCc1c(C(=O)O)nn(C(C)(C)C)c1Oc1cncc(C(C)O)c1C(F)(F)F. The van der Waals surface area contributed by atoms with Gasteiger partial charge in [-0.3, -0.25) is 4.98 Å². The molecule has 0 saturated carbocycles. The van der Waals surface area contributed by atoms with E-state index in [4.69, 9.17) is 4.74 Å². The van der Waals surface area contributed by atoms with Crippen LogP contribution in [0.15, 0.2) is 12.4 Å². The molecule has 0 spiro atoms. The number of carboxylic acid groups (broad SMARTS) is 1. The van der Waals surface area contributed by atoms with Crippen LogP contribution in [0, 0.1) is 0 Å². The summed E-state index contributed by atoms with van der Waals surface area (Å²) in [5.41, 5.74) is -2.50. The molecule has 1 unspecified atom stereocenters. The van der Waals surface area contributed by atoms with E-state index in [1.807, 2.05) is 0 Å². The molecule has 0 aromatic carbocycles. The molecule has 2 aromatic heterocycles. The smallest absolute Gasteiger partial charge is 0.420 e. The monoisotopic (exact) mass is 401 g/mol. The van der Waals surface area contributed by atoms with Crippen molar-refractivity contribution in [1.29, 1.82) is 0 Å². The third-order valence-corrected chi connectivity index (χ3v) is 4.01. The van der Waals surface area contributed by atoms with Crippen LogP contribution in [0.3, 0.4) is 0 Å². The van der Waals surface area contributed by atoms with Crippen LogP contribution in [0.1, 0.15) is 67.9 Å². The third kappa shape index (κ3) is 4.11. The summed E-state index contributed by atoms with van der Waals surface area (Å²) in [6.07, 6.45) is -4.27. The number of aliphatic hydroxyl groups excluding tert-OH is 1. The van der Waals surface area contributed by atoms with E-state index in [1.54, 1.807) is 27.7 Å². The van der Waals surface area contributed by atoms with E-state index in [2.05, 4.69) is 10.1 Å². The Kier molecular flexibility index (Phi) is 5.74. The lowest BCUT2D eigenvalue weighted by atomic mass is 10.0. The van der Waals surface area contributed by atoms with Crippen LogP contribution < -0.4 is 4.74 Å². The highest BCUT2D eigenvalue weighted by Crippen LogP contribution is 2.43.